The van der Waals surface area contributed by atoms with Gasteiger partial charge in [0.25, 0.3) is 5.91 Å². The zero-order valence-electron chi connectivity index (χ0n) is 15.8. The Morgan fingerprint density at radius 3 is 2.40 bits per heavy atom. The van der Waals surface area contributed by atoms with Crippen LogP contribution in [0.4, 0.5) is 5.69 Å². The normalized spacial score (nSPS) is 11.5. The van der Waals surface area contributed by atoms with E-state index in [-0.39, 0.29) is 11.6 Å². The standard InChI is InChI=1S/C24H16N4O2/c29-23(28-27-22-17-11-5-7-13-20(17)26-24(22)30)18-14-21(15-8-2-1-3-9-15)25-19-12-6-4-10-16(18)19/h1-14,26,30H. The number of rotatable bonds is 3. The highest BCUT2D eigenvalue weighted by Crippen LogP contribution is 2.35. The molecule has 5 aromatic rings. The first kappa shape index (κ1) is 17.8. The highest BCUT2D eigenvalue weighted by molar-refractivity contribution is 6.07. The second-order valence-corrected chi connectivity index (χ2v) is 6.81. The van der Waals surface area contributed by atoms with Gasteiger partial charge in [0.05, 0.1) is 22.3 Å². The van der Waals surface area contributed by atoms with Crippen LogP contribution in [0.1, 0.15) is 10.4 Å². The SMILES string of the molecule is O=C(N=Nc1c(O)[nH]c2ccccc12)c1cc(-c2ccccc2)nc2ccccc12. The largest absolute Gasteiger partial charge is 0.493 e. The van der Waals surface area contributed by atoms with Crippen LogP contribution in [0.5, 0.6) is 5.88 Å². The van der Waals surface area contributed by atoms with Crippen LogP contribution in [0.15, 0.2) is 95.2 Å². The van der Waals surface area contributed by atoms with Crippen molar-refractivity contribution in [3.05, 3.63) is 90.5 Å². The number of hydrogen-bond donors (Lipinski definition) is 2. The van der Waals surface area contributed by atoms with Crippen molar-refractivity contribution in [3.8, 4) is 17.1 Å². The van der Waals surface area contributed by atoms with Crippen LogP contribution in [0.25, 0.3) is 33.1 Å². The molecule has 0 spiro atoms. The van der Waals surface area contributed by atoms with E-state index in [9.17, 15) is 9.90 Å². The van der Waals surface area contributed by atoms with Gasteiger partial charge >= 0.3 is 0 Å². The third kappa shape index (κ3) is 3.10. The van der Waals surface area contributed by atoms with Crippen molar-refractivity contribution >= 4 is 33.4 Å². The number of nitrogens with one attached hydrogen (secondary N) is 1. The molecule has 0 saturated heterocycles. The molecule has 0 unspecified atom stereocenters. The maximum absolute atomic E-state index is 13.0. The van der Waals surface area contributed by atoms with Crippen molar-refractivity contribution in [1.29, 1.82) is 0 Å². The number of H-pyrrole nitrogens is 1. The van der Waals surface area contributed by atoms with E-state index in [1.807, 2.05) is 72.8 Å². The summed E-state index contributed by atoms with van der Waals surface area (Å²) >= 11 is 0. The molecule has 30 heavy (non-hydrogen) atoms. The molecule has 5 rings (SSSR count). The summed E-state index contributed by atoms with van der Waals surface area (Å²) in [6.07, 6.45) is 0. The van der Waals surface area contributed by atoms with Crippen LogP contribution in [0, 0.1) is 0 Å². The molecule has 3 aromatic carbocycles. The molecule has 2 aromatic heterocycles. The number of hydrogen-bond acceptors (Lipinski definition) is 4. The Kier molecular flexibility index (Phi) is 4.29. The third-order valence-corrected chi connectivity index (χ3v) is 4.92. The van der Waals surface area contributed by atoms with Gasteiger partial charge in [-0.2, -0.15) is 0 Å². The van der Waals surface area contributed by atoms with Crippen LogP contribution < -0.4 is 0 Å². The van der Waals surface area contributed by atoms with Crippen molar-refractivity contribution in [3.63, 3.8) is 0 Å². The van der Waals surface area contributed by atoms with E-state index in [4.69, 9.17) is 0 Å². The Morgan fingerprint density at radius 1 is 0.867 bits per heavy atom. The van der Waals surface area contributed by atoms with Crippen LogP contribution in [0.3, 0.4) is 0 Å². The van der Waals surface area contributed by atoms with Gasteiger partial charge in [-0.15, -0.1) is 10.2 Å². The molecule has 0 aliphatic carbocycles. The fourth-order valence-corrected chi connectivity index (χ4v) is 3.47. The first-order valence-electron chi connectivity index (χ1n) is 9.41. The molecule has 0 bridgehead atoms. The molecule has 0 aliphatic rings. The van der Waals surface area contributed by atoms with E-state index >= 15 is 0 Å². The fourth-order valence-electron chi connectivity index (χ4n) is 3.47. The number of carbonyl (C=O) groups is 1. The van der Waals surface area contributed by atoms with Crippen LogP contribution in [-0.2, 0) is 0 Å². The van der Waals surface area contributed by atoms with Crippen LogP contribution in [-0.4, -0.2) is 21.0 Å². The minimum Gasteiger partial charge on any atom is -0.493 e. The van der Waals surface area contributed by atoms with Gasteiger partial charge in [0.15, 0.2) is 5.69 Å². The lowest BCUT2D eigenvalue weighted by Crippen LogP contribution is -1.98. The molecule has 6 heteroatoms. The fraction of sp³-hybridized carbons (Fsp3) is 0. The predicted molar refractivity (Wildman–Crippen MR) is 116 cm³/mol. The van der Waals surface area contributed by atoms with Gasteiger partial charge in [-0.3, -0.25) is 4.79 Å². The molecular formula is C24H16N4O2. The maximum atomic E-state index is 13.0. The number of aromatic amines is 1. The molecule has 0 fully saturated rings. The topological polar surface area (TPSA) is 90.7 Å². The summed E-state index contributed by atoms with van der Waals surface area (Å²) in [5.74, 6) is -0.632. The molecule has 0 atom stereocenters. The van der Waals surface area contributed by atoms with Gasteiger partial charge in [-0.1, -0.05) is 66.7 Å². The minimum absolute atomic E-state index is 0.127. The lowest BCUT2D eigenvalue weighted by molar-refractivity contribution is 0.0996. The summed E-state index contributed by atoms with van der Waals surface area (Å²) in [4.78, 5) is 20.5. The highest BCUT2D eigenvalue weighted by Gasteiger charge is 2.15. The summed E-state index contributed by atoms with van der Waals surface area (Å²) in [6, 6.07) is 26.1. The first-order chi connectivity index (χ1) is 14.7. The number of amides is 1. The number of para-hydroxylation sites is 2. The van der Waals surface area contributed by atoms with Crippen LogP contribution >= 0.6 is 0 Å². The molecule has 2 heterocycles. The number of carbonyl (C=O) groups excluding carboxylic acids is 1. The minimum atomic E-state index is -0.504. The Morgan fingerprint density at radius 2 is 1.57 bits per heavy atom. The van der Waals surface area contributed by atoms with E-state index < -0.39 is 5.91 Å². The first-order valence-corrected chi connectivity index (χ1v) is 9.41. The lowest BCUT2D eigenvalue weighted by Gasteiger charge is -2.07. The molecule has 0 saturated carbocycles. The molecule has 0 radical (unpaired) electrons. The van der Waals surface area contributed by atoms with Crippen molar-refractivity contribution in [2.45, 2.75) is 0 Å². The van der Waals surface area contributed by atoms with E-state index in [0.717, 1.165) is 11.1 Å². The van der Waals surface area contributed by atoms with Gasteiger partial charge in [-0.25, -0.2) is 4.98 Å². The average Bonchev–Trinajstić information content (AvgIpc) is 3.12. The van der Waals surface area contributed by atoms with Gasteiger partial charge in [-0.05, 0) is 18.2 Å². The number of azo groups is 1. The Hall–Kier alpha value is -4.32. The van der Waals surface area contributed by atoms with Crippen molar-refractivity contribution < 1.29 is 9.90 Å². The smallest absolute Gasteiger partial charge is 0.296 e. The Labute approximate surface area is 171 Å². The third-order valence-electron chi connectivity index (χ3n) is 4.92. The van der Waals surface area contributed by atoms with E-state index in [1.54, 1.807) is 12.1 Å². The predicted octanol–water partition coefficient (Wildman–Crippen LogP) is 6.01. The molecule has 6 nitrogen and oxygen atoms in total. The number of nitrogens with zero attached hydrogens (tertiary/aromatic N) is 3. The number of benzene rings is 3. The van der Waals surface area contributed by atoms with Crippen molar-refractivity contribution in [2.24, 2.45) is 10.2 Å². The lowest BCUT2D eigenvalue weighted by atomic mass is 10.0. The monoisotopic (exact) mass is 392 g/mol. The number of aromatic hydroxyl groups is 1. The number of fused-ring (bicyclic) bond motifs is 2. The highest BCUT2D eigenvalue weighted by atomic mass is 16.3. The quantitative estimate of drug-likeness (QED) is 0.368. The molecule has 144 valence electrons. The van der Waals surface area contributed by atoms with Gasteiger partial charge in [0.2, 0.25) is 5.88 Å². The van der Waals surface area contributed by atoms with Gasteiger partial charge in [0.1, 0.15) is 0 Å². The molecule has 0 aliphatic heterocycles. The van der Waals surface area contributed by atoms with E-state index in [1.165, 1.54) is 0 Å². The van der Waals surface area contributed by atoms with E-state index in [0.29, 0.717) is 27.5 Å². The van der Waals surface area contributed by atoms with E-state index in [2.05, 4.69) is 20.2 Å². The van der Waals surface area contributed by atoms with Gasteiger partial charge < -0.3 is 10.1 Å². The average molecular weight is 392 g/mol. The number of aromatic nitrogens is 2. The summed E-state index contributed by atoms with van der Waals surface area (Å²) in [7, 11) is 0. The Bertz CT molecular complexity index is 1420. The Balaban J connectivity index is 1.60. The summed E-state index contributed by atoms with van der Waals surface area (Å²) in [6.45, 7) is 0. The summed E-state index contributed by atoms with van der Waals surface area (Å²) in [5, 5.41) is 19.5. The maximum Gasteiger partial charge on any atom is 0.296 e. The van der Waals surface area contributed by atoms with Crippen molar-refractivity contribution in [1.82, 2.24) is 9.97 Å². The molecule has 1 amide bonds. The summed E-state index contributed by atoms with van der Waals surface area (Å²) < 4.78 is 0. The summed E-state index contributed by atoms with van der Waals surface area (Å²) in [5.41, 5.74) is 3.65. The molecular weight excluding hydrogens is 376 g/mol. The van der Waals surface area contributed by atoms with Gasteiger partial charge in [0, 0.05) is 16.3 Å². The van der Waals surface area contributed by atoms with Crippen molar-refractivity contribution in [2.75, 3.05) is 0 Å². The second-order valence-electron chi connectivity index (χ2n) is 6.81. The second kappa shape index (κ2) is 7.25. The zero-order valence-corrected chi connectivity index (χ0v) is 15.8. The van der Waals surface area contributed by atoms with Crippen LogP contribution in [0.2, 0.25) is 0 Å². The zero-order chi connectivity index (χ0) is 20.5. The number of pyridine rings is 1. The molecule has 2 N–H and O–H groups in total.